The van der Waals surface area contributed by atoms with Gasteiger partial charge in [0.15, 0.2) is 0 Å². The Morgan fingerprint density at radius 1 is 1.11 bits per heavy atom. The average Bonchev–Trinajstić information content (AvgIpc) is 3.24. The number of carbonyl (C=O) groups excluding carboxylic acids is 2. The molecule has 5 nitrogen and oxygen atoms in total. The maximum absolute atomic E-state index is 12.4. The van der Waals surface area contributed by atoms with Gasteiger partial charge in [0, 0.05) is 36.4 Å². The molecule has 1 aliphatic rings. The first-order chi connectivity index (χ1) is 13.1. The van der Waals surface area contributed by atoms with E-state index in [4.69, 9.17) is 0 Å². The van der Waals surface area contributed by atoms with Crippen molar-refractivity contribution in [2.24, 2.45) is 0 Å². The molecule has 1 saturated heterocycles. The van der Waals surface area contributed by atoms with Gasteiger partial charge in [-0.15, -0.1) is 0 Å². The van der Waals surface area contributed by atoms with Gasteiger partial charge in [-0.3, -0.25) is 9.59 Å². The van der Waals surface area contributed by atoms with E-state index in [1.165, 1.54) is 0 Å². The van der Waals surface area contributed by atoms with Gasteiger partial charge in [0.2, 0.25) is 11.8 Å². The van der Waals surface area contributed by atoms with Crippen molar-refractivity contribution in [3.63, 3.8) is 0 Å². The summed E-state index contributed by atoms with van der Waals surface area (Å²) in [5, 5.41) is 4.13. The van der Waals surface area contributed by atoms with Crippen LogP contribution >= 0.6 is 0 Å². The number of fused-ring (bicyclic) bond motifs is 1. The summed E-state index contributed by atoms with van der Waals surface area (Å²) in [6.45, 7) is 3.59. The monoisotopic (exact) mass is 361 g/mol. The van der Waals surface area contributed by atoms with Crippen LogP contribution in [0.1, 0.15) is 24.1 Å². The predicted octanol–water partition coefficient (Wildman–Crippen LogP) is 3.39. The SMILES string of the molecule is Cc1cc2ccccc2n1CC(=O)NCc1ccc(N2CCCC2=O)cc1. The largest absolute Gasteiger partial charge is 0.350 e. The zero-order valence-corrected chi connectivity index (χ0v) is 15.4. The molecule has 3 aromatic rings. The molecular weight excluding hydrogens is 338 g/mol. The van der Waals surface area contributed by atoms with Gasteiger partial charge in [0.05, 0.1) is 0 Å². The van der Waals surface area contributed by atoms with E-state index >= 15 is 0 Å². The number of nitrogens with zero attached hydrogens (tertiary/aromatic N) is 2. The first-order valence-corrected chi connectivity index (χ1v) is 9.33. The number of amides is 2. The number of aryl methyl sites for hydroxylation is 1. The van der Waals surface area contributed by atoms with Gasteiger partial charge in [-0.2, -0.15) is 0 Å². The molecule has 1 N–H and O–H groups in total. The Hall–Kier alpha value is -3.08. The Labute approximate surface area is 158 Å². The van der Waals surface area contributed by atoms with Crippen molar-refractivity contribution in [3.8, 4) is 0 Å². The molecule has 1 aromatic heterocycles. The molecule has 1 fully saturated rings. The zero-order valence-electron chi connectivity index (χ0n) is 15.4. The standard InChI is InChI=1S/C22H23N3O2/c1-16-13-18-5-2-3-6-20(18)25(16)15-21(26)23-14-17-8-10-19(11-9-17)24-12-4-7-22(24)27/h2-3,5-6,8-11,13H,4,7,12,14-15H2,1H3,(H,23,26). The van der Waals surface area contributed by atoms with Gasteiger partial charge in [-0.05, 0) is 48.6 Å². The maximum atomic E-state index is 12.4. The molecule has 0 aliphatic carbocycles. The quantitative estimate of drug-likeness (QED) is 0.757. The Morgan fingerprint density at radius 2 is 1.89 bits per heavy atom. The van der Waals surface area contributed by atoms with Crippen molar-refractivity contribution in [1.29, 1.82) is 0 Å². The lowest BCUT2D eigenvalue weighted by Crippen LogP contribution is -2.27. The van der Waals surface area contributed by atoms with Crippen LogP contribution in [0.25, 0.3) is 10.9 Å². The van der Waals surface area contributed by atoms with E-state index in [0.29, 0.717) is 19.5 Å². The Balaban J connectivity index is 1.37. The van der Waals surface area contributed by atoms with E-state index in [1.54, 1.807) is 0 Å². The molecule has 2 amide bonds. The molecule has 0 bridgehead atoms. The Morgan fingerprint density at radius 3 is 2.63 bits per heavy atom. The lowest BCUT2D eigenvalue weighted by Gasteiger charge is -2.16. The van der Waals surface area contributed by atoms with Crippen molar-refractivity contribution in [2.45, 2.75) is 32.9 Å². The van der Waals surface area contributed by atoms with E-state index < -0.39 is 0 Å². The average molecular weight is 361 g/mol. The third-order valence-electron chi connectivity index (χ3n) is 5.13. The number of hydrogen-bond acceptors (Lipinski definition) is 2. The van der Waals surface area contributed by atoms with Gasteiger partial charge in [0.1, 0.15) is 6.54 Å². The van der Waals surface area contributed by atoms with Crippen molar-refractivity contribution < 1.29 is 9.59 Å². The third-order valence-corrected chi connectivity index (χ3v) is 5.13. The molecule has 5 heteroatoms. The van der Waals surface area contributed by atoms with E-state index in [-0.39, 0.29) is 11.8 Å². The fourth-order valence-electron chi connectivity index (χ4n) is 3.67. The number of nitrogens with one attached hydrogen (secondary N) is 1. The zero-order chi connectivity index (χ0) is 18.8. The number of hydrogen-bond donors (Lipinski definition) is 1. The van der Waals surface area contributed by atoms with Crippen LogP contribution in [0.2, 0.25) is 0 Å². The van der Waals surface area contributed by atoms with Gasteiger partial charge in [-0.1, -0.05) is 30.3 Å². The molecule has 0 atom stereocenters. The first kappa shape index (κ1) is 17.3. The molecule has 0 radical (unpaired) electrons. The topological polar surface area (TPSA) is 54.3 Å². The molecule has 2 heterocycles. The molecule has 2 aromatic carbocycles. The molecule has 0 saturated carbocycles. The van der Waals surface area contributed by atoms with Gasteiger partial charge in [0.25, 0.3) is 0 Å². The second-order valence-corrected chi connectivity index (χ2v) is 7.02. The Kier molecular flexibility index (Phi) is 4.67. The molecule has 138 valence electrons. The highest BCUT2D eigenvalue weighted by Crippen LogP contribution is 2.22. The van der Waals surface area contributed by atoms with Crippen LogP contribution in [0, 0.1) is 6.92 Å². The number of anilines is 1. The van der Waals surface area contributed by atoms with Crippen LogP contribution < -0.4 is 10.2 Å². The lowest BCUT2D eigenvalue weighted by atomic mass is 10.2. The van der Waals surface area contributed by atoms with Crippen LogP contribution in [-0.2, 0) is 22.7 Å². The minimum Gasteiger partial charge on any atom is -0.350 e. The highest BCUT2D eigenvalue weighted by Gasteiger charge is 2.21. The van der Waals surface area contributed by atoms with E-state index in [2.05, 4.69) is 17.4 Å². The fourth-order valence-corrected chi connectivity index (χ4v) is 3.67. The summed E-state index contributed by atoms with van der Waals surface area (Å²) in [6.07, 6.45) is 1.55. The maximum Gasteiger partial charge on any atom is 0.240 e. The normalized spacial score (nSPS) is 14.1. The Bertz CT molecular complexity index is 988. The second-order valence-electron chi connectivity index (χ2n) is 7.02. The first-order valence-electron chi connectivity index (χ1n) is 9.33. The molecule has 27 heavy (non-hydrogen) atoms. The molecular formula is C22H23N3O2. The summed E-state index contributed by atoms with van der Waals surface area (Å²) in [5.74, 6) is 0.170. The summed E-state index contributed by atoms with van der Waals surface area (Å²) >= 11 is 0. The van der Waals surface area contributed by atoms with Crippen LogP contribution in [0.5, 0.6) is 0 Å². The molecule has 0 spiro atoms. The van der Waals surface area contributed by atoms with Crippen molar-refractivity contribution >= 4 is 28.4 Å². The predicted molar refractivity (Wildman–Crippen MR) is 107 cm³/mol. The number of para-hydroxylation sites is 1. The van der Waals surface area contributed by atoms with Crippen LogP contribution in [0.15, 0.2) is 54.6 Å². The van der Waals surface area contributed by atoms with Crippen molar-refractivity contribution in [1.82, 2.24) is 9.88 Å². The summed E-state index contributed by atoms with van der Waals surface area (Å²) in [5.41, 5.74) is 4.10. The smallest absolute Gasteiger partial charge is 0.240 e. The summed E-state index contributed by atoms with van der Waals surface area (Å²) in [4.78, 5) is 26.0. The van der Waals surface area contributed by atoms with Crippen LogP contribution in [-0.4, -0.2) is 22.9 Å². The minimum atomic E-state index is -0.0155. The number of rotatable bonds is 5. The molecule has 1 aliphatic heterocycles. The number of carbonyl (C=O) groups is 2. The van der Waals surface area contributed by atoms with Crippen LogP contribution in [0.3, 0.4) is 0 Å². The van der Waals surface area contributed by atoms with Gasteiger partial charge >= 0.3 is 0 Å². The lowest BCUT2D eigenvalue weighted by molar-refractivity contribution is -0.121. The highest BCUT2D eigenvalue weighted by molar-refractivity contribution is 5.95. The summed E-state index contributed by atoms with van der Waals surface area (Å²) in [7, 11) is 0. The highest BCUT2D eigenvalue weighted by atomic mass is 16.2. The third kappa shape index (κ3) is 3.58. The number of benzene rings is 2. The van der Waals surface area contributed by atoms with E-state index in [1.807, 2.05) is 58.9 Å². The second kappa shape index (κ2) is 7.27. The fraction of sp³-hybridized carbons (Fsp3) is 0.273. The van der Waals surface area contributed by atoms with Crippen LogP contribution in [0.4, 0.5) is 5.69 Å². The molecule has 0 unspecified atom stereocenters. The van der Waals surface area contributed by atoms with E-state index in [9.17, 15) is 9.59 Å². The minimum absolute atomic E-state index is 0.0155. The van der Waals surface area contributed by atoms with E-state index in [0.717, 1.165) is 40.8 Å². The number of aromatic nitrogens is 1. The summed E-state index contributed by atoms with van der Waals surface area (Å²) in [6, 6.07) is 18.0. The summed E-state index contributed by atoms with van der Waals surface area (Å²) < 4.78 is 2.03. The molecule has 4 rings (SSSR count). The van der Waals surface area contributed by atoms with Gasteiger partial charge in [-0.25, -0.2) is 0 Å². The van der Waals surface area contributed by atoms with Crippen molar-refractivity contribution in [2.75, 3.05) is 11.4 Å². The van der Waals surface area contributed by atoms with Gasteiger partial charge < -0.3 is 14.8 Å². The van der Waals surface area contributed by atoms with Crippen molar-refractivity contribution in [3.05, 3.63) is 65.9 Å².